The predicted octanol–water partition coefficient (Wildman–Crippen LogP) is 3.24. The van der Waals surface area contributed by atoms with Crippen molar-refractivity contribution in [3.05, 3.63) is 52.8 Å². The van der Waals surface area contributed by atoms with Crippen molar-refractivity contribution in [3.63, 3.8) is 0 Å². The molecule has 19 heavy (non-hydrogen) atoms. The van der Waals surface area contributed by atoms with E-state index in [1.54, 1.807) is 0 Å². The maximum Gasteiger partial charge on any atom is 0.0519 e. The maximum atomic E-state index is 5.97. The first-order valence-corrected chi connectivity index (χ1v) is 7.05. The number of aryl methyl sites for hydroxylation is 1. The van der Waals surface area contributed by atoms with E-state index in [0.717, 1.165) is 11.6 Å². The van der Waals surface area contributed by atoms with Crippen LogP contribution in [0.3, 0.4) is 0 Å². The van der Waals surface area contributed by atoms with E-state index in [9.17, 15) is 0 Å². The Balaban J connectivity index is 1.76. The highest BCUT2D eigenvalue weighted by Crippen LogP contribution is 2.41. The first-order chi connectivity index (χ1) is 9.20. The molecule has 1 aliphatic carbocycles. The van der Waals surface area contributed by atoms with Gasteiger partial charge in [0.2, 0.25) is 0 Å². The van der Waals surface area contributed by atoms with E-state index in [4.69, 9.17) is 11.6 Å². The first kappa shape index (κ1) is 12.7. The van der Waals surface area contributed by atoms with E-state index in [0.29, 0.717) is 0 Å². The van der Waals surface area contributed by atoms with Gasteiger partial charge in [0.05, 0.1) is 5.69 Å². The summed E-state index contributed by atoms with van der Waals surface area (Å²) in [7, 11) is 1.98. The van der Waals surface area contributed by atoms with E-state index in [-0.39, 0.29) is 5.54 Å². The molecule has 1 N–H and O–H groups in total. The third-order valence-corrected chi connectivity index (χ3v) is 4.39. The highest BCUT2D eigenvalue weighted by molar-refractivity contribution is 6.30. The van der Waals surface area contributed by atoms with Gasteiger partial charge in [-0.1, -0.05) is 23.7 Å². The zero-order chi connectivity index (χ0) is 13.3. The summed E-state index contributed by atoms with van der Waals surface area (Å²) in [6.45, 7) is 0.846. The average molecular weight is 276 g/mol. The van der Waals surface area contributed by atoms with Crippen LogP contribution in [-0.2, 0) is 19.1 Å². The Hall–Kier alpha value is -1.32. The van der Waals surface area contributed by atoms with Crippen LogP contribution < -0.4 is 5.32 Å². The van der Waals surface area contributed by atoms with Gasteiger partial charge in [0.15, 0.2) is 0 Å². The molecule has 0 atom stereocenters. The largest absolute Gasteiger partial charge is 0.302 e. The lowest BCUT2D eigenvalue weighted by Gasteiger charge is -2.43. The standard InChI is InChI=1S/C15H18ClN3/c1-19-14(7-10-18-19)11-17-15(8-2-9-15)12-3-5-13(16)6-4-12/h3-7,10,17H,2,8-9,11H2,1H3. The third kappa shape index (κ3) is 2.40. The molecule has 0 aliphatic heterocycles. The molecule has 1 fully saturated rings. The molecule has 1 aliphatic rings. The second-order valence-electron chi connectivity index (χ2n) is 5.24. The third-order valence-electron chi connectivity index (χ3n) is 4.13. The Morgan fingerprint density at radius 2 is 2.00 bits per heavy atom. The van der Waals surface area contributed by atoms with Gasteiger partial charge in [0.1, 0.15) is 0 Å². The number of nitrogens with one attached hydrogen (secondary N) is 1. The number of nitrogens with zero attached hydrogens (tertiary/aromatic N) is 2. The second kappa shape index (κ2) is 4.99. The topological polar surface area (TPSA) is 29.9 Å². The molecule has 0 saturated heterocycles. The normalized spacial score (nSPS) is 17.2. The summed E-state index contributed by atoms with van der Waals surface area (Å²) in [5.41, 5.74) is 2.67. The van der Waals surface area contributed by atoms with E-state index < -0.39 is 0 Å². The number of benzene rings is 1. The minimum Gasteiger partial charge on any atom is -0.302 e. The van der Waals surface area contributed by atoms with Crippen LogP contribution in [0.15, 0.2) is 36.5 Å². The Kier molecular flexibility index (Phi) is 3.33. The summed E-state index contributed by atoms with van der Waals surface area (Å²) < 4.78 is 1.92. The number of rotatable bonds is 4. The number of halogens is 1. The number of aromatic nitrogens is 2. The van der Waals surface area contributed by atoms with Crippen LogP contribution in [-0.4, -0.2) is 9.78 Å². The molecule has 2 aromatic rings. The molecule has 3 rings (SSSR count). The van der Waals surface area contributed by atoms with Gasteiger partial charge in [-0.3, -0.25) is 4.68 Å². The zero-order valence-corrected chi connectivity index (χ0v) is 11.8. The Bertz CT molecular complexity index is 555. The molecule has 1 heterocycles. The van der Waals surface area contributed by atoms with Crippen LogP contribution in [0.5, 0.6) is 0 Å². The molecule has 1 saturated carbocycles. The van der Waals surface area contributed by atoms with Crippen molar-refractivity contribution >= 4 is 11.6 Å². The summed E-state index contributed by atoms with van der Waals surface area (Å²) in [5, 5.41) is 8.71. The Morgan fingerprint density at radius 1 is 1.26 bits per heavy atom. The van der Waals surface area contributed by atoms with Crippen molar-refractivity contribution in [1.82, 2.24) is 15.1 Å². The Morgan fingerprint density at radius 3 is 2.53 bits per heavy atom. The van der Waals surface area contributed by atoms with Gasteiger partial charge in [0, 0.05) is 30.4 Å². The van der Waals surface area contributed by atoms with E-state index >= 15 is 0 Å². The SMILES string of the molecule is Cn1nccc1CNC1(c2ccc(Cl)cc2)CCC1. The van der Waals surface area contributed by atoms with Crippen molar-refractivity contribution in [2.24, 2.45) is 7.05 Å². The summed E-state index contributed by atoms with van der Waals surface area (Å²) in [4.78, 5) is 0. The molecular weight excluding hydrogens is 258 g/mol. The average Bonchev–Trinajstić information content (AvgIpc) is 2.76. The molecule has 1 aromatic heterocycles. The number of hydrogen-bond donors (Lipinski definition) is 1. The molecule has 1 aromatic carbocycles. The van der Waals surface area contributed by atoms with Crippen LogP contribution in [0, 0.1) is 0 Å². The molecule has 3 nitrogen and oxygen atoms in total. The summed E-state index contributed by atoms with van der Waals surface area (Å²) in [6, 6.07) is 10.3. The highest BCUT2D eigenvalue weighted by atomic mass is 35.5. The fourth-order valence-corrected chi connectivity index (χ4v) is 2.83. The lowest BCUT2D eigenvalue weighted by Crippen LogP contribution is -2.47. The van der Waals surface area contributed by atoms with Crippen LogP contribution in [0.2, 0.25) is 5.02 Å². The smallest absolute Gasteiger partial charge is 0.0519 e. The maximum absolute atomic E-state index is 5.97. The van der Waals surface area contributed by atoms with E-state index in [1.165, 1.54) is 30.5 Å². The summed E-state index contributed by atoms with van der Waals surface area (Å²) >= 11 is 5.97. The minimum absolute atomic E-state index is 0.120. The van der Waals surface area contributed by atoms with E-state index in [2.05, 4.69) is 28.6 Å². The van der Waals surface area contributed by atoms with Crippen LogP contribution in [0.25, 0.3) is 0 Å². The number of hydrogen-bond acceptors (Lipinski definition) is 2. The fraction of sp³-hybridized carbons (Fsp3) is 0.400. The molecule has 0 amide bonds. The molecule has 0 bridgehead atoms. The Labute approximate surface area is 118 Å². The molecule has 4 heteroatoms. The first-order valence-electron chi connectivity index (χ1n) is 6.68. The van der Waals surface area contributed by atoms with Gasteiger partial charge in [0.25, 0.3) is 0 Å². The van der Waals surface area contributed by atoms with Gasteiger partial charge in [-0.25, -0.2) is 0 Å². The minimum atomic E-state index is 0.120. The van der Waals surface area contributed by atoms with Crippen molar-refractivity contribution < 1.29 is 0 Å². The molecule has 0 unspecified atom stereocenters. The monoisotopic (exact) mass is 275 g/mol. The molecule has 0 radical (unpaired) electrons. The highest BCUT2D eigenvalue weighted by Gasteiger charge is 2.38. The van der Waals surface area contributed by atoms with Gasteiger partial charge in [-0.2, -0.15) is 5.10 Å². The van der Waals surface area contributed by atoms with Crippen molar-refractivity contribution in [1.29, 1.82) is 0 Å². The molecular formula is C15H18ClN3. The van der Waals surface area contributed by atoms with Crippen molar-refractivity contribution in [3.8, 4) is 0 Å². The lowest BCUT2D eigenvalue weighted by molar-refractivity contribution is 0.182. The van der Waals surface area contributed by atoms with Crippen molar-refractivity contribution in [2.75, 3.05) is 0 Å². The summed E-state index contributed by atoms with van der Waals surface area (Å²) in [5.74, 6) is 0. The van der Waals surface area contributed by atoms with E-state index in [1.807, 2.05) is 30.1 Å². The van der Waals surface area contributed by atoms with Crippen molar-refractivity contribution in [2.45, 2.75) is 31.3 Å². The van der Waals surface area contributed by atoms with Gasteiger partial charge < -0.3 is 5.32 Å². The lowest BCUT2D eigenvalue weighted by atomic mass is 9.72. The fourth-order valence-electron chi connectivity index (χ4n) is 2.70. The second-order valence-corrected chi connectivity index (χ2v) is 5.68. The quantitative estimate of drug-likeness (QED) is 0.928. The van der Waals surface area contributed by atoms with Crippen LogP contribution in [0.4, 0.5) is 0 Å². The molecule has 100 valence electrons. The van der Waals surface area contributed by atoms with Crippen LogP contribution >= 0.6 is 11.6 Å². The summed E-state index contributed by atoms with van der Waals surface area (Å²) in [6.07, 6.45) is 5.49. The zero-order valence-electron chi connectivity index (χ0n) is 11.1. The van der Waals surface area contributed by atoms with Gasteiger partial charge in [-0.05, 0) is 43.0 Å². The predicted molar refractivity (Wildman–Crippen MR) is 77.0 cm³/mol. The van der Waals surface area contributed by atoms with Crippen LogP contribution in [0.1, 0.15) is 30.5 Å². The van der Waals surface area contributed by atoms with Gasteiger partial charge in [-0.15, -0.1) is 0 Å². The van der Waals surface area contributed by atoms with Gasteiger partial charge >= 0.3 is 0 Å². The molecule has 0 spiro atoms.